The molecule has 0 aromatic carbocycles. The number of amides is 1. The van der Waals surface area contributed by atoms with E-state index in [-0.39, 0.29) is 5.91 Å². The van der Waals surface area contributed by atoms with Crippen molar-refractivity contribution in [1.29, 1.82) is 0 Å². The molecule has 1 amide bonds. The van der Waals surface area contributed by atoms with Crippen LogP contribution in [-0.2, 0) is 0 Å². The van der Waals surface area contributed by atoms with Gasteiger partial charge in [-0.1, -0.05) is 6.07 Å². The number of rotatable bonds is 3. The number of carbonyl (C=O) groups excluding carboxylic acids is 1. The van der Waals surface area contributed by atoms with E-state index in [1.54, 1.807) is 43.1 Å². The van der Waals surface area contributed by atoms with Gasteiger partial charge in [0.1, 0.15) is 0 Å². The number of nitrogens with zero attached hydrogens (tertiary/aromatic N) is 3. The van der Waals surface area contributed by atoms with Crippen molar-refractivity contribution in [2.75, 3.05) is 0 Å². The van der Waals surface area contributed by atoms with Crippen LogP contribution in [0.25, 0.3) is 5.57 Å². The van der Waals surface area contributed by atoms with Crippen LogP contribution in [0.1, 0.15) is 16.1 Å². The lowest BCUT2D eigenvalue weighted by Crippen LogP contribution is -2.43. The molecule has 0 saturated heterocycles. The molecule has 3 heterocycles. The number of hydrogen-bond acceptors (Lipinski definition) is 5. The Kier molecular flexibility index (Phi) is 3.68. The Bertz CT molecular complexity index is 682. The lowest BCUT2D eigenvalue weighted by Gasteiger charge is -2.19. The molecule has 0 radical (unpaired) electrons. The van der Waals surface area contributed by atoms with E-state index in [9.17, 15) is 4.79 Å². The van der Waals surface area contributed by atoms with Crippen molar-refractivity contribution in [1.82, 2.24) is 20.6 Å². The fraction of sp³-hybridized carbons (Fsp3) is 0.0667. The number of pyridine rings is 2. The lowest BCUT2D eigenvalue weighted by atomic mass is 10.2. The number of aliphatic imine (C=N–C) groups is 1. The molecule has 1 unspecified atom stereocenters. The number of aromatic nitrogens is 2. The van der Waals surface area contributed by atoms with Crippen molar-refractivity contribution in [3.63, 3.8) is 0 Å². The summed E-state index contributed by atoms with van der Waals surface area (Å²) in [6.45, 7) is 0. The van der Waals surface area contributed by atoms with Gasteiger partial charge in [0.05, 0.1) is 5.69 Å². The molecular formula is C15H13N5O. The third-order valence-electron chi connectivity index (χ3n) is 2.93. The zero-order valence-electron chi connectivity index (χ0n) is 11.1. The zero-order valence-corrected chi connectivity index (χ0v) is 11.1. The van der Waals surface area contributed by atoms with Gasteiger partial charge in [-0.2, -0.15) is 0 Å². The largest absolute Gasteiger partial charge is 0.352 e. The normalized spacial score (nSPS) is 16.8. The van der Waals surface area contributed by atoms with E-state index in [2.05, 4.69) is 25.6 Å². The fourth-order valence-electron chi connectivity index (χ4n) is 1.87. The molecule has 0 fully saturated rings. The summed E-state index contributed by atoms with van der Waals surface area (Å²) in [5, 5.41) is 5.79. The summed E-state index contributed by atoms with van der Waals surface area (Å²) in [7, 11) is 0. The van der Waals surface area contributed by atoms with Crippen LogP contribution in [-0.4, -0.2) is 28.4 Å². The Labute approximate surface area is 121 Å². The van der Waals surface area contributed by atoms with Crippen LogP contribution in [0, 0.1) is 0 Å². The molecule has 1 aliphatic heterocycles. The van der Waals surface area contributed by atoms with Crippen molar-refractivity contribution < 1.29 is 4.79 Å². The highest BCUT2D eigenvalue weighted by molar-refractivity contribution is 6.09. The van der Waals surface area contributed by atoms with Crippen LogP contribution in [0.2, 0.25) is 0 Å². The first-order chi connectivity index (χ1) is 10.3. The van der Waals surface area contributed by atoms with E-state index < -0.39 is 6.29 Å². The molecule has 2 aromatic rings. The van der Waals surface area contributed by atoms with Gasteiger partial charge in [-0.05, 0) is 24.3 Å². The average Bonchev–Trinajstić information content (AvgIpc) is 2.57. The molecule has 0 spiro atoms. The second kappa shape index (κ2) is 5.96. The molecule has 2 aromatic heterocycles. The predicted octanol–water partition coefficient (Wildman–Crippen LogP) is 1.21. The molecule has 104 valence electrons. The van der Waals surface area contributed by atoms with Crippen LogP contribution in [0.3, 0.4) is 0 Å². The van der Waals surface area contributed by atoms with Gasteiger partial charge in [0.15, 0.2) is 6.29 Å². The van der Waals surface area contributed by atoms with Crippen molar-refractivity contribution in [3.05, 3.63) is 66.4 Å². The molecule has 21 heavy (non-hydrogen) atoms. The minimum absolute atomic E-state index is 0.207. The average molecular weight is 279 g/mol. The quantitative estimate of drug-likeness (QED) is 0.885. The maximum atomic E-state index is 12.0. The van der Waals surface area contributed by atoms with Crippen molar-refractivity contribution in [3.8, 4) is 0 Å². The minimum Gasteiger partial charge on any atom is -0.352 e. The predicted molar refractivity (Wildman–Crippen MR) is 79.3 cm³/mol. The fourth-order valence-corrected chi connectivity index (χ4v) is 1.87. The van der Waals surface area contributed by atoms with Gasteiger partial charge in [-0.15, -0.1) is 0 Å². The van der Waals surface area contributed by atoms with Gasteiger partial charge < -0.3 is 10.6 Å². The minimum atomic E-state index is -0.488. The third kappa shape index (κ3) is 3.11. The molecular weight excluding hydrogens is 266 g/mol. The highest BCUT2D eigenvalue weighted by Gasteiger charge is 2.14. The first-order valence-electron chi connectivity index (χ1n) is 6.44. The summed E-state index contributed by atoms with van der Waals surface area (Å²) in [5.41, 5.74) is 2.24. The van der Waals surface area contributed by atoms with E-state index in [0.29, 0.717) is 5.56 Å². The molecule has 0 saturated carbocycles. The number of allylic oxidation sites excluding steroid dienone is 1. The van der Waals surface area contributed by atoms with Gasteiger partial charge in [0, 0.05) is 42.1 Å². The number of carbonyl (C=O) groups is 1. The molecule has 1 aliphatic rings. The second-order valence-corrected chi connectivity index (χ2v) is 4.37. The molecule has 1 atom stereocenters. The van der Waals surface area contributed by atoms with Crippen LogP contribution in [0.5, 0.6) is 0 Å². The molecule has 0 aliphatic carbocycles. The molecule has 3 rings (SSSR count). The van der Waals surface area contributed by atoms with E-state index in [4.69, 9.17) is 0 Å². The molecule has 6 heteroatoms. The molecule has 0 bridgehead atoms. The van der Waals surface area contributed by atoms with E-state index in [1.807, 2.05) is 18.2 Å². The van der Waals surface area contributed by atoms with Crippen molar-refractivity contribution in [2.45, 2.75) is 6.29 Å². The van der Waals surface area contributed by atoms with E-state index in [0.717, 1.165) is 11.3 Å². The van der Waals surface area contributed by atoms with Gasteiger partial charge in [-0.3, -0.25) is 14.8 Å². The summed E-state index contributed by atoms with van der Waals surface area (Å²) >= 11 is 0. The first kappa shape index (κ1) is 13.0. The zero-order chi connectivity index (χ0) is 14.5. The third-order valence-corrected chi connectivity index (χ3v) is 2.93. The summed E-state index contributed by atoms with van der Waals surface area (Å²) < 4.78 is 0. The Morgan fingerprint density at radius 3 is 2.67 bits per heavy atom. The second-order valence-electron chi connectivity index (χ2n) is 4.37. The van der Waals surface area contributed by atoms with Crippen molar-refractivity contribution >= 4 is 17.7 Å². The maximum absolute atomic E-state index is 12.0. The van der Waals surface area contributed by atoms with Gasteiger partial charge in [-0.25, -0.2) is 4.99 Å². The summed E-state index contributed by atoms with van der Waals surface area (Å²) in [6, 6.07) is 8.97. The van der Waals surface area contributed by atoms with Crippen LogP contribution in [0.4, 0.5) is 0 Å². The highest BCUT2D eigenvalue weighted by Crippen LogP contribution is 2.10. The van der Waals surface area contributed by atoms with Gasteiger partial charge in [0.2, 0.25) is 0 Å². The first-order valence-corrected chi connectivity index (χ1v) is 6.44. The number of hydrogen-bond donors (Lipinski definition) is 2. The SMILES string of the molecule is O=C(NC1N=CC(c2ccccn2)=CN1)c1ccncc1. The topological polar surface area (TPSA) is 79.3 Å². The Morgan fingerprint density at radius 1 is 1.14 bits per heavy atom. The van der Waals surface area contributed by atoms with Crippen molar-refractivity contribution in [2.24, 2.45) is 4.99 Å². The van der Waals surface area contributed by atoms with Crippen LogP contribution >= 0.6 is 0 Å². The summed E-state index contributed by atoms with van der Waals surface area (Å²) in [4.78, 5) is 24.4. The Hall–Kier alpha value is -3.02. The van der Waals surface area contributed by atoms with Crippen LogP contribution in [0.15, 0.2) is 60.1 Å². The lowest BCUT2D eigenvalue weighted by molar-refractivity contribution is 0.0934. The Balaban J connectivity index is 1.63. The Morgan fingerprint density at radius 2 is 2.00 bits per heavy atom. The molecule has 6 nitrogen and oxygen atoms in total. The maximum Gasteiger partial charge on any atom is 0.254 e. The number of nitrogens with one attached hydrogen (secondary N) is 2. The summed E-state index contributed by atoms with van der Waals surface area (Å²) in [6.07, 6.45) is 7.86. The highest BCUT2D eigenvalue weighted by atomic mass is 16.1. The standard InChI is InChI=1S/C15H13N5O/c21-14(11-4-7-16-8-5-11)20-15-18-9-12(10-19-15)13-3-1-2-6-17-13/h1-10,15,18H,(H,20,21). The van der Waals surface area contributed by atoms with Gasteiger partial charge >= 0.3 is 0 Å². The molecule has 2 N–H and O–H groups in total. The van der Waals surface area contributed by atoms with E-state index >= 15 is 0 Å². The smallest absolute Gasteiger partial charge is 0.254 e. The van der Waals surface area contributed by atoms with Crippen LogP contribution < -0.4 is 10.6 Å². The monoisotopic (exact) mass is 279 g/mol. The van der Waals surface area contributed by atoms with Gasteiger partial charge in [0.25, 0.3) is 5.91 Å². The van der Waals surface area contributed by atoms with E-state index in [1.165, 1.54) is 0 Å². The summed E-state index contributed by atoms with van der Waals surface area (Å²) in [5.74, 6) is -0.207.